The smallest absolute Gasteiger partial charge is 0.423 e. The van der Waals surface area contributed by atoms with Gasteiger partial charge in [0.25, 0.3) is 0 Å². The number of rotatable bonds is 2. The molecule has 0 aromatic heterocycles. The Balaban J connectivity index is 2.50. The van der Waals surface area contributed by atoms with Gasteiger partial charge in [0.2, 0.25) is 0 Å². The molecule has 0 spiro atoms. The fraction of sp³-hybridized carbons (Fsp3) is 0. The number of carbonyl (C=O) groups excluding carboxylic acids is 1. The van der Waals surface area contributed by atoms with Crippen LogP contribution >= 0.6 is 0 Å². The molecular formula is C7H6NO4S-. The molecule has 0 aliphatic rings. The fourth-order valence-corrected chi connectivity index (χ4v) is 0.862. The number of ether oxygens (including phenoxy) is 1. The number of benzene rings is 1. The molecule has 0 saturated heterocycles. The van der Waals surface area contributed by atoms with Crippen molar-refractivity contribution >= 4 is 17.4 Å². The number of carbonyl (C=O) groups is 1. The number of amides is 1. The molecular weight excluding hydrogens is 194 g/mol. The van der Waals surface area contributed by atoms with Gasteiger partial charge in [0.1, 0.15) is 5.75 Å². The van der Waals surface area contributed by atoms with E-state index in [1.807, 2.05) is 0 Å². The first kappa shape index (κ1) is 9.69. The topological polar surface area (TPSA) is 78.5 Å². The molecule has 13 heavy (non-hydrogen) atoms. The molecule has 0 heterocycles. The Morgan fingerprint density at radius 3 is 2.54 bits per heavy atom. The largest absolute Gasteiger partial charge is 0.755 e. The number of hydrogen-bond donors (Lipinski definition) is 1. The summed E-state index contributed by atoms with van der Waals surface area (Å²) in [5, 5.41) is 0. The molecule has 0 saturated carbocycles. The first-order chi connectivity index (χ1) is 6.18. The van der Waals surface area contributed by atoms with E-state index < -0.39 is 17.4 Å². The van der Waals surface area contributed by atoms with E-state index in [2.05, 4.69) is 4.74 Å². The molecule has 0 bridgehead atoms. The highest BCUT2D eigenvalue weighted by Gasteiger charge is 2.01. The lowest BCUT2D eigenvalue weighted by Crippen LogP contribution is -2.28. The standard InChI is InChI=1S/C7H7NO4S/c9-7(8-13(10)11)12-6-4-2-1-3-5-6/h1-5H,(H,8,9)(H,10,11)/p-1. The van der Waals surface area contributed by atoms with Crippen LogP contribution in [0.4, 0.5) is 4.79 Å². The van der Waals surface area contributed by atoms with Gasteiger partial charge in [-0.1, -0.05) is 18.2 Å². The molecule has 6 heteroatoms. The summed E-state index contributed by atoms with van der Waals surface area (Å²) in [6, 6.07) is 8.14. The van der Waals surface area contributed by atoms with Gasteiger partial charge in [0, 0.05) is 11.3 Å². The highest BCUT2D eigenvalue weighted by atomic mass is 32.2. The third-order valence-electron chi connectivity index (χ3n) is 1.12. The van der Waals surface area contributed by atoms with Crippen molar-refractivity contribution in [2.45, 2.75) is 0 Å². The number of para-hydroxylation sites is 1. The van der Waals surface area contributed by atoms with E-state index in [4.69, 9.17) is 0 Å². The van der Waals surface area contributed by atoms with Crippen molar-refractivity contribution in [1.82, 2.24) is 4.72 Å². The normalized spacial score (nSPS) is 11.8. The van der Waals surface area contributed by atoms with Crippen LogP contribution in [0.2, 0.25) is 0 Å². The first-order valence-corrected chi connectivity index (χ1v) is 4.39. The van der Waals surface area contributed by atoms with Gasteiger partial charge in [-0.25, -0.2) is 4.79 Å². The average Bonchev–Trinajstić information content (AvgIpc) is 2.04. The summed E-state index contributed by atoms with van der Waals surface area (Å²) in [5.74, 6) is 0.283. The zero-order chi connectivity index (χ0) is 9.68. The minimum atomic E-state index is -2.64. The van der Waals surface area contributed by atoms with Crippen molar-refractivity contribution in [3.8, 4) is 5.75 Å². The van der Waals surface area contributed by atoms with Crippen LogP contribution in [0, 0.1) is 0 Å². The minimum Gasteiger partial charge on any atom is -0.755 e. The summed E-state index contributed by atoms with van der Waals surface area (Å²) < 4.78 is 26.1. The van der Waals surface area contributed by atoms with Crippen LogP contribution in [0.5, 0.6) is 5.75 Å². The molecule has 0 aliphatic carbocycles. The molecule has 0 aliphatic heterocycles. The Bertz CT molecular complexity index is 314. The summed E-state index contributed by atoms with van der Waals surface area (Å²) in [6.45, 7) is 0. The summed E-state index contributed by atoms with van der Waals surface area (Å²) in [5.41, 5.74) is 0. The molecule has 1 unspecified atom stereocenters. The van der Waals surface area contributed by atoms with E-state index in [9.17, 15) is 13.6 Å². The van der Waals surface area contributed by atoms with Gasteiger partial charge >= 0.3 is 6.09 Å². The predicted molar refractivity (Wildman–Crippen MR) is 44.5 cm³/mol. The van der Waals surface area contributed by atoms with Gasteiger partial charge in [0.15, 0.2) is 0 Å². The molecule has 1 aromatic carbocycles. The van der Waals surface area contributed by atoms with Crippen LogP contribution in [0.15, 0.2) is 30.3 Å². The molecule has 0 radical (unpaired) electrons. The molecule has 70 valence electrons. The van der Waals surface area contributed by atoms with Gasteiger partial charge in [-0.3, -0.25) is 8.93 Å². The molecule has 1 atom stereocenters. The van der Waals surface area contributed by atoms with Gasteiger partial charge in [-0.2, -0.15) is 0 Å². The average molecular weight is 200 g/mol. The summed E-state index contributed by atoms with van der Waals surface area (Å²) in [7, 11) is 0. The van der Waals surface area contributed by atoms with E-state index >= 15 is 0 Å². The monoisotopic (exact) mass is 200 g/mol. The Labute approximate surface area is 77.1 Å². The fourth-order valence-electron chi connectivity index (χ4n) is 0.684. The van der Waals surface area contributed by atoms with Gasteiger partial charge < -0.3 is 9.29 Å². The first-order valence-electron chi connectivity index (χ1n) is 3.31. The molecule has 1 rings (SSSR count). The Hall–Kier alpha value is -1.40. The highest BCUT2D eigenvalue weighted by Crippen LogP contribution is 2.07. The highest BCUT2D eigenvalue weighted by molar-refractivity contribution is 7.77. The Morgan fingerprint density at radius 1 is 1.38 bits per heavy atom. The van der Waals surface area contributed by atoms with Crippen molar-refractivity contribution in [3.05, 3.63) is 30.3 Å². The van der Waals surface area contributed by atoms with Crippen molar-refractivity contribution in [3.63, 3.8) is 0 Å². The van der Waals surface area contributed by atoms with Crippen LogP contribution < -0.4 is 9.46 Å². The molecule has 1 aromatic rings. The summed E-state index contributed by atoms with van der Waals surface area (Å²) in [4.78, 5) is 10.7. The molecule has 1 amide bonds. The Morgan fingerprint density at radius 2 is 2.00 bits per heavy atom. The second-order valence-electron chi connectivity index (χ2n) is 2.04. The number of hydrogen-bond acceptors (Lipinski definition) is 4. The van der Waals surface area contributed by atoms with E-state index in [1.54, 1.807) is 22.9 Å². The second kappa shape index (κ2) is 4.58. The van der Waals surface area contributed by atoms with Crippen LogP contribution in [-0.4, -0.2) is 14.9 Å². The zero-order valence-electron chi connectivity index (χ0n) is 6.43. The van der Waals surface area contributed by atoms with Crippen molar-refractivity contribution < 1.29 is 18.3 Å². The van der Waals surface area contributed by atoms with Crippen LogP contribution in [0.3, 0.4) is 0 Å². The lowest BCUT2D eigenvalue weighted by molar-refractivity contribution is 0.206. The SMILES string of the molecule is O=C(NS(=O)[O-])Oc1ccccc1. The maximum atomic E-state index is 10.7. The van der Waals surface area contributed by atoms with Crippen molar-refractivity contribution in [1.29, 1.82) is 0 Å². The van der Waals surface area contributed by atoms with Crippen molar-refractivity contribution in [2.75, 3.05) is 0 Å². The zero-order valence-corrected chi connectivity index (χ0v) is 7.24. The summed E-state index contributed by atoms with van der Waals surface area (Å²) >= 11 is -2.64. The van der Waals surface area contributed by atoms with Gasteiger partial charge in [-0.15, -0.1) is 0 Å². The van der Waals surface area contributed by atoms with Gasteiger partial charge in [0.05, 0.1) is 0 Å². The molecule has 5 nitrogen and oxygen atoms in total. The summed E-state index contributed by atoms with van der Waals surface area (Å²) in [6.07, 6.45) is -1.03. The molecule has 0 fully saturated rings. The van der Waals surface area contributed by atoms with E-state index in [1.165, 1.54) is 12.1 Å². The van der Waals surface area contributed by atoms with Crippen LogP contribution in [0.25, 0.3) is 0 Å². The third kappa shape index (κ3) is 3.68. The van der Waals surface area contributed by atoms with E-state index in [0.29, 0.717) is 0 Å². The third-order valence-corrected chi connectivity index (χ3v) is 1.45. The molecule has 1 N–H and O–H groups in total. The number of nitrogens with one attached hydrogen (secondary N) is 1. The quantitative estimate of drug-likeness (QED) is 0.708. The maximum Gasteiger partial charge on any atom is 0.423 e. The predicted octanol–water partition coefficient (Wildman–Crippen LogP) is 0.569. The lowest BCUT2D eigenvalue weighted by Gasteiger charge is -2.07. The lowest BCUT2D eigenvalue weighted by atomic mass is 10.3. The van der Waals surface area contributed by atoms with E-state index in [-0.39, 0.29) is 5.75 Å². The Kier molecular flexibility index (Phi) is 3.41. The van der Waals surface area contributed by atoms with E-state index in [0.717, 1.165) is 0 Å². The van der Waals surface area contributed by atoms with Crippen molar-refractivity contribution in [2.24, 2.45) is 0 Å². The van der Waals surface area contributed by atoms with Gasteiger partial charge in [-0.05, 0) is 12.1 Å². The second-order valence-corrected chi connectivity index (χ2v) is 2.71. The van der Waals surface area contributed by atoms with Crippen LogP contribution in [0.1, 0.15) is 0 Å². The maximum absolute atomic E-state index is 10.7. The van der Waals surface area contributed by atoms with Crippen LogP contribution in [-0.2, 0) is 11.3 Å². The minimum absolute atomic E-state index is 0.283.